The quantitative estimate of drug-likeness (QED) is 0.621. The lowest BCUT2D eigenvalue weighted by Gasteiger charge is -2.08. The Kier molecular flexibility index (Phi) is 6.88. The van der Waals surface area contributed by atoms with Crippen LogP contribution in [0.5, 0.6) is 0 Å². The maximum Gasteiger partial charge on any atom is 0.416 e. The van der Waals surface area contributed by atoms with Crippen LogP contribution < -0.4 is 5.32 Å². The van der Waals surface area contributed by atoms with Crippen LogP contribution in [0.2, 0.25) is 0 Å². The molecule has 0 aromatic heterocycles. The fraction of sp³-hybridized carbons (Fsp3) is 0.467. The number of ether oxygens (including phenoxy) is 1. The number of rotatable bonds is 7. The first-order chi connectivity index (χ1) is 10.3. The number of carbonyl (C=O) groups excluding carboxylic acids is 2. The van der Waals surface area contributed by atoms with E-state index in [0.29, 0.717) is 25.1 Å². The smallest absolute Gasteiger partial charge is 0.416 e. The van der Waals surface area contributed by atoms with Crippen LogP contribution in [-0.4, -0.2) is 25.0 Å². The molecule has 22 heavy (non-hydrogen) atoms. The molecule has 1 aromatic rings. The third-order valence-electron chi connectivity index (χ3n) is 2.83. The predicted molar refractivity (Wildman–Crippen MR) is 74.0 cm³/mol. The van der Waals surface area contributed by atoms with Gasteiger partial charge in [-0.3, -0.25) is 9.59 Å². The van der Waals surface area contributed by atoms with Gasteiger partial charge in [-0.1, -0.05) is 12.1 Å². The summed E-state index contributed by atoms with van der Waals surface area (Å²) in [6.07, 6.45) is -3.71. The average molecular weight is 317 g/mol. The molecule has 0 radical (unpaired) electrons. The van der Waals surface area contributed by atoms with Gasteiger partial charge in [0.15, 0.2) is 0 Å². The van der Waals surface area contributed by atoms with Crippen molar-refractivity contribution in [2.45, 2.75) is 32.4 Å². The van der Waals surface area contributed by atoms with Gasteiger partial charge in [0.1, 0.15) is 0 Å². The van der Waals surface area contributed by atoms with Crippen LogP contribution in [0.1, 0.15) is 30.9 Å². The van der Waals surface area contributed by atoms with E-state index in [1.165, 1.54) is 12.1 Å². The van der Waals surface area contributed by atoms with Crippen LogP contribution in [-0.2, 0) is 26.9 Å². The Morgan fingerprint density at radius 1 is 1.18 bits per heavy atom. The predicted octanol–water partition coefficient (Wildman–Crippen LogP) is 2.71. The number of hydrogen-bond donors (Lipinski definition) is 1. The van der Waals surface area contributed by atoms with Crippen LogP contribution in [0.15, 0.2) is 24.3 Å². The monoisotopic (exact) mass is 317 g/mol. The Morgan fingerprint density at radius 3 is 2.36 bits per heavy atom. The van der Waals surface area contributed by atoms with Crippen LogP contribution in [0.25, 0.3) is 0 Å². The number of halogens is 3. The fourth-order valence-electron chi connectivity index (χ4n) is 1.75. The first-order valence-corrected chi connectivity index (χ1v) is 6.91. The standard InChI is InChI=1S/C15H18F3NO3/c1-2-22-14(21)4-3-9-19-13(20)10-11-5-7-12(8-6-11)15(16,17)18/h5-8H,2-4,9-10H2,1H3,(H,19,20). The highest BCUT2D eigenvalue weighted by atomic mass is 19.4. The molecule has 1 amide bonds. The molecule has 0 spiro atoms. The molecule has 0 aliphatic rings. The summed E-state index contributed by atoms with van der Waals surface area (Å²) in [7, 11) is 0. The summed E-state index contributed by atoms with van der Waals surface area (Å²) in [4.78, 5) is 22.7. The first kappa shape index (κ1) is 18.0. The number of nitrogens with one attached hydrogen (secondary N) is 1. The summed E-state index contributed by atoms with van der Waals surface area (Å²) in [5.41, 5.74) is -0.248. The van der Waals surface area contributed by atoms with Gasteiger partial charge >= 0.3 is 12.1 Å². The Morgan fingerprint density at radius 2 is 1.82 bits per heavy atom. The summed E-state index contributed by atoms with van der Waals surface area (Å²) in [6.45, 7) is 2.35. The van der Waals surface area contributed by atoms with Crippen LogP contribution >= 0.6 is 0 Å². The molecular formula is C15H18F3NO3. The molecular weight excluding hydrogens is 299 g/mol. The van der Waals surface area contributed by atoms with E-state index in [2.05, 4.69) is 5.32 Å². The van der Waals surface area contributed by atoms with Crippen molar-refractivity contribution in [2.75, 3.05) is 13.2 Å². The molecule has 122 valence electrons. The molecule has 1 rings (SSSR count). The van der Waals surface area contributed by atoms with Gasteiger partial charge in [0.25, 0.3) is 0 Å². The minimum atomic E-state index is -4.38. The molecule has 0 bridgehead atoms. The van der Waals surface area contributed by atoms with Gasteiger partial charge in [-0.25, -0.2) is 0 Å². The molecule has 0 aliphatic heterocycles. The second-order valence-corrected chi connectivity index (χ2v) is 4.63. The van der Waals surface area contributed by atoms with E-state index in [0.717, 1.165) is 12.1 Å². The Labute approximate surface area is 126 Å². The largest absolute Gasteiger partial charge is 0.466 e. The van der Waals surface area contributed by atoms with E-state index in [4.69, 9.17) is 4.74 Å². The third-order valence-corrected chi connectivity index (χ3v) is 2.83. The van der Waals surface area contributed by atoms with E-state index < -0.39 is 11.7 Å². The maximum absolute atomic E-state index is 12.4. The van der Waals surface area contributed by atoms with Crippen molar-refractivity contribution in [2.24, 2.45) is 0 Å². The van der Waals surface area contributed by atoms with Crippen LogP contribution in [0.4, 0.5) is 13.2 Å². The lowest BCUT2D eigenvalue weighted by Crippen LogP contribution is -2.26. The van der Waals surface area contributed by atoms with Gasteiger partial charge in [-0.2, -0.15) is 13.2 Å². The Hall–Kier alpha value is -2.05. The zero-order valence-corrected chi connectivity index (χ0v) is 12.2. The Balaban J connectivity index is 2.32. The summed E-state index contributed by atoms with van der Waals surface area (Å²) in [5, 5.41) is 2.60. The zero-order valence-electron chi connectivity index (χ0n) is 12.2. The van der Waals surface area contributed by atoms with Gasteiger partial charge in [0.05, 0.1) is 18.6 Å². The van der Waals surface area contributed by atoms with Gasteiger partial charge in [-0.05, 0) is 31.0 Å². The lowest BCUT2D eigenvalue weighted by molar-refractivity contribution is -0.143. The summed E-state index contributed by atoms with van der Waals surface area (Å²) in [5.74, 6) is -0.622. The van der Waals surface area contributed by atoms with Crippen molar-refractivity contribution in [1.29, 1.82) is 0 Å². The summed E-state index contributed by atoms with van der Waals surface area (Å²) < 4.78 is 41.9. The first-order valence-electron chi connectivity index (χ1n) is 6.91. The lowest BCUT2D eigenvalue weighted by atomic mass is 10.1. The zero-order chi connectivity index (χ0) is 16.6. The van der Waals surface area contributed by atoms with Gasteiger partial charge in [0, 0.05) is 13.0 Å². The fourth-order valence-corrected chi connectivity index (χ4v) is 1.75. The molecule has 0 saturated heterocycles. The number of esters is 1. The average Bonchev–Trinajstić information content (AvgIpc) is 2.43. The molecule has 0 fully saturated rings. The van der Waals surface area contributed by atoms with Gasteiger partial charge in [0.2, 0.25) is 5.91 Å². The number of alkyl halides is 3. The summed E-state index contributed by atoms with van der Waals surface area (Å²) in [6, 6.07) is 4.45. The van der Waals surface area contributed by atoms with E-state index in [9.17, 15) is 22.8 Å². The minimum absolute atomic E-state index is 0.00244. The van der Waals surface area contributed by atoms with E-state index >= 15 is 0 Å². The normalized spacial score (nSPS) is 11.1. The SMILES string of the molecule is CCOC(=O)CCCNC(=O)Cc1ccc(C(F)(F)F)cc1. The number of amides is 1. The number of carbonyl (C=O) groups is 2. The molecule has 0 saturated carbocycles. The molecule has 1 N–H and O–H groups in total. The molecule has 4 nitrogen and oxygen atoms in total. The van der Waals surface area contributed by atoms with Crippen molar-refractivity contribution >= 4 is 11.9 Å². The van der Waals surface area contributed by atoms with Crippen molar-refractivity contribution in [1.82, 2.24) is 5.32 Å². The van der Waals surface area contributed by atoms with Crippen molar-refractivity contribution in [3.63, 3.8) is 0 Å². The van der Waals surface area contributed by atoms with Crippen molar-refractivity contribution in [3.05, 3.63) is 35.4 Å². The number of benzene rings is 1. The van der Waals surface area contributed by atoms with E-state index in [-0.39, 0.29) is 24.7 Å². The molecule has 0 atom stereocenters. The third kappa shape index (κ3) is 6.60. The van der Waals surface area contributed by atoms with E-state index in [1.807, 2.05) is 0 Å². The minimum Gasteiger partial charge on any atom is -0.466 e. The topological polar surface area (TPSA) is 55.4 Å². The van der Waals surface area contributed by atoms with Crippen LogP contribution in [0.3, 0.4) is 0 Å². The number of hydrogen-bond acceptors (Lipinski definition) is 3. The Bertz CT molecular complexity index is 498. The molecule has 7 heteroatoms. The highest BCUT2D eigenvalue weighted by molar-refractivity contribution is 5.78. The summed E-state index contributed by atoms with van der Waals surface area (Å²) >= 11 is 0. The van der Waals surface area contributed by atoms with Gasteiger partial charge < -0.3 is 10.1 Å². The van der Waals surface area contributed by atoms with Gasteiger partial charge in [-0.15, -0.1) is 0 Å². The maximum atomic E-state index is 12.4. The highest BCUT2D eigenvalue weighted by Crippen LogP contribution is 2.29. The highest BCUT2D eigenvalue weighted by Gasteiger charge is 2.29. The van der Waals surface area contributed by atoms with E-state index in [1.54, 1.807) is 6.92 Å². The van der Waals surface area contributed by atoms with Crippen LogP contribution in [0, 0.1) is 0 Å². The molecule has 1 aromatic carbocycles. The second kappa shape index (κ2) is 8.41. The molecule has 0 aliphatic carbocycles. The molecule has 0 unspecified atom stereocenters. The van der Waals surface area contributed by atoms with Crippen molar-refractivity contribution < 1.29 is 27.5 Å². The second-order valence-electron chi connectivity index (χ2n) is 4.63. The van der Waals surface area contributed by atoms with Crippen molar-refractivity contribution in [3.8, 4) is 0 Å². The molecule has 0 heterocycles.